The highest BCUT2D eigenvalue weighted by molar-refractivity contribution is 5.91. The van der Waals surface area contributed by atoms with E-state index in [4.69, 9.17) is 15.0 Å². The Hall–Kier alpha value is -2.90. The lowest BCUT2D eigenvalue weighted by atomic mass is 10.2. The first-order chi connectivity index (χ1) is 13.4. The Labute approximate surface area is 169 Å². The van der Waals surface area contributed by atoms with Gasteiger partial charge in [-0.05, 0) is 25.7 Å². The smallest absolute Gasteiger partial charge is 0.480 e. The van der Waals surface area contributed by atoms with Gasteiger partial charge in [0.05, 0.1) is 6.54 Å². The molecule has 0 bridgehead atoms. The van der Waals surface area contributed by atoms with Crippen molar-refractivity contribution in [1.29, 1.82) is 0 Å². The predicted molar refractivity (Wildman–Crippen MR) is 93.1 cm³/mol. The van der Waals surface area contributed by atoms with Gasteiger partial charge in [0.1, 0.15) is 12.1 Å². The highest BCUT2D eigenvalue weighted by Gasteiger charge is 2.38. The van der Waals surface area contributed by atoms with Gasteiger partial charge in [0, 0.05) is 20.0 Å². The van der Waals surface area contributed by atoms with Gasteiger partial charge in [0.15, 0.2) is 0 Å². The van der Waals surface area contributed by atoms with E-state index in [0.717, 1.165) is 6.42 Å². The molecule has 3 amide bonds. The molecule has 2 saturated heterocycles. The second-order valence-electron chi connectivity index (χ2n) is 6.47. The van der Waals surface area contributed by atoms with Crippen molar-refractivity contribution in [2.24, 2.45) is 0 Å². The van der Waals surface area contributed by atoms with Gasteiger partial charge < -0.3 is 30.8 Å². The summed E-state index contributed by atoms with van der Waals surface area (Å²) >= 11 is 0. The van der Waals surface area contributed by atoms with Crippen LogP contribution in [-0.2, 0) is 24.0 Å². The van der Waals surface area contributed by atoms with Crippen LogP contribution in [0.1, 0.15) is 32.6 Å². The lowest BCUT2D eigenvalue weighted by Gasteiger charge is -2.24. The molecule has 5 N–H and O–H groups in total. The Morgan fingerprint density at radius 2 is 1.43 bits per heavy atom. The van der Waals surface area contributed by atoms with E-state index in [1.54, 1.807) is 0 Å². The maximum atomic E-state index is 12.1. The van der Waals surface area contributed by atoms with Crippen LogP contribution in [0.25, 0.3) is 0 Å². The first kappa shape index (κ1) is 27.1. The monoisotopic (exact) mass is 443 g/mol. The largest absolute Gasteiger partial charge is 0.490 e. The molecular weight excluding hydrogens is 419 g/mol. The van der Waals surface area contributed by atoms with Crippen LogP contribution in [0.15, 0.2) is 0 Å². The molecule has 2 fully saturated rings. The molecule has 2 aliphatic rings. The van der Waals surface area contributed by atoms with Crippen LogP contribution in [0.4, 0.5) is 13.2 Å². The van der Waals surface area contributed by atoms with Crippen LogP contribution in [-0.4, -0.2) is 93.0 Å². The summed E-state index contributed by atoms with van der Waals surface area (Å²) < 4.78 is 31.7. The molecule has 2 rings (SSSR count). The van der Waals surface area contributed by atoms with Gasteiger partial charge >= 0.3 is 18.1 Å². The SMILES string of the molecule is CC(=O)N1CCC[C@H]1C(=O)NCC(=O)N1CCC[C@H]1C(=O)O.O.O=C(O)C(F)(F)F. The van der Waals surface area contributed by atoms with E-state index in [0.29, 0.717) is 32.4 Å². The third-order valence-corrected chi connectivity index (χ3v) is 4.47. The zero-order valence-electron chi connectivity index (χ0n) is 16.1. The molecule has 0 unspecified atom stereocenters. The normalized spacial score (nSPS) is 20.5. The molecule has 0 radical (unpaired) electrons. The van der Waals surface area contributed by atoms with Crippen LogP contribution in [0.5, 0.6) is 0 Å². The highest BCUT2D eigenvalue weighted by atomic mass is 19.4. The number of nitrogens with zero attached hydrogens (tertiary/aromatic N) is 2. The van der Waals surface area contributed by atoms with Crippen LogP contribution < -0.4 is 5.32 Å². The molecule has 0 aliphatic carbocycles. The van der Waals surface area contributed by atoms with Gasteiger partial charge in [0.2, 0.25) is 17.7 Å². The summed E-state index contributed by atoms with van der Waals surface area (Å²) in [5, 5.41) is 18.7. The van der Waals surface area contributed by atoms with E-state index in [-0.39, 0.29) is 23.8 Å². The minimum absolute atomic E-state index is 0. The van der Waals surface area contributed by atoms with E-state index in [2.05, 4.69) is 5.32 Å². The van der Waals surface area contributed by atoms with Gasteiger partial charge in [0.25, 0.3) is 0 Å². The molecule has 172 valence electrons. The fourth-order valence-corrected chi connectivity index (χ4v) is 3.12. The lowest BCUT2D eigenvalue weighted by molar-refractivity contribution is -0.192. The standard InChI is InChI=1S/C14H21N3O5.C2HF3O2.H2O/c1-9(18)16-6-2-4-10(16)13(20)15-8-12(19)17-7-3-5-11(17)14(21)22;3-2(4,5)1(6)7;/h10-11H,2-8H2,1H3,(H,15,20)(H,21,22);(H,6,7);1H2/t10-,11-;;/m0../s1. The number of hydrogen-bond acceptors (Lipinski definition) is 5. The Morgan fingerprint density at radius 1 is 0.967 bits per heavy atom. The first-order valence-corrected chi connectivity index (χ1v) is 8.73. The Balaban J connectivity index is 0.000000909. The fraction of sp³-hybridized carbons (Fsp3) is 0.688. The number of amides is 3. The van der Waals surface area contributed by atoms with Gasteiger partial charge in [-0.3, -0.25) is 14.4 Å². The van der Waals surface area contributed by atoms with Crippen molar-refractivity contribution >= 4 is 29.7 Å². The van der Waals surface area contributed by atoms with Gasteiger partial charge in [-0.2, -0.15) is 13.2 Å². The molecule has 14 heteroatoms. The highest BCUT2D eigenvalue weighted by Crippen LogP contribution is 2.19. The van der Waals surface area contributed by atoms with E-state index in [1.165, 1.54) is 16.7 Å². The number of carboxylic acid groups (broad SMARTS) is 2. The van der Waals surface area contributed by atoms with Crippen molar-refractivity contribution < 1.29 is 52.8 Å². The lowest BCUT2D eigenvalue weighted by Crippen LogP contribution is -2.49. The van der Waals surface area contributed by atoms with E-state index >= 15 is 0 Å². The molecule has 0 spiro atoms. The number of hydrogen-bond donors (Lipinski definition) is 3. The van der Waals surface area contributed by atoms with Crippen LogP contribution in [0, 0.1) is 0 Å². The van der Waals surface area contributed by atoms with Crippen molar-refractivity contribution in [1.82, 2.24) is 15.1 Å². The quantitative estimate of drug-likeness (QED) is 0.499. The number of carbonyl (C=O) groups excluding carboxylic acids is 3. The number of nitrogens with one attached hydrogen (secondary N) is 1. The molecule has 0 saturated carbocycles. The van der Waals surface area contributed by atoms with Crippen molar-refractivity contribution in [2.75, 3.05) is 19.6 Å². The number of rotatable bonds is 4. The summed E-state index contributed by atoms with van der Waals surface area (Å²) in [7, 11) is 0. The Morgan fingerprint density at radius 3 is 1.87 bits per heavy atom. The van der Waals surface area contributed by atoms with Crippen LogP contribution >= 0.6 is 0 Å². The maximum Gasteiger partial charge on any atom is 0.490 e. The minimum atomic E-state index is -5.08. The zero-order chi connectivity index (χ0) is 22.4. The van der Waals surface area contributed by atoms with E-state index in [9.17, 15) is 32.3 Å². The predicted octanol–water partition coefficient (Wildman–Crippen LogP) is -1.00. The molecule has 2 heterocycles. The minimum Gasteiger partial charge on any atom is -0.480 e. The Kier molecular flexibility index (Phi) is 10.2. The maximum absolute atomic E-state index is 12.1. The van der Waals surface area contributed by atoms with Crippen LogP contribution in [0.2, 0.25) is 0 Å². The average Bonchev–Trinajstić information content (AvgIpc) is 3.27. The number of aliphatic carboxylic acids is 2. The molecule has 2 atom stereocenters. The summed E-state index contributed by atoms with van der Waals surface area (Å²) in [5.74, 6) is -4.68. The van der Waals surface area contributed by atoms with E-state index < -0.39 is 36.1 Å². The molecule has 2 aliphatic heterocycles. The number of halogens is 3. The third-order valence-electron chi connectivity index (χ3n) is 4.47. The van der Waals surface area contributed by atoms with Gasteiger partial charge in [-0.1, -0.05) is 0 Å². The summed E-state index contributed by atoms with van der Waals surface area (Å²) in [6.45, 7) is 2.13. The molecule has 0 aromatic rings. The number of likely N-dealkylation sites (tertiary alicyclic amines) is 2. The molecule has 30 heavy (non-hydrogen) atoms. The van der Waals surface area contributed by atoms with Crippen LogP contribution in [0.3, 0.4) is 0 Å². The van der Waals surface area contributed by atoms with Gasteiger partial charge in [-0.25, -0.2) is 9.59 Å². The van der Waals surface area contributed by atoms with Gasteiger partial charge in [-0.15, -0.1) is 0 Å². The summed E-state index contributed by atoms with van der Waals surface area (Å²) in [4.78, 5) is 58.3. The number of carboxylic acids is 2. The van der Waals surface area contributed by atoms with Crippen molar-refractivity contribution in [2.45, 2.75) is 50.9 Å². The first-order valence-electron chi connectivity index (χ1n) is 8.73. The zero-order valence-corrected chi connectivity index (χ0v) is 16.1. The van der Waals surface area contributed by atoms with E-state index in [1.807, 2.05) is 0 Å². The van der Waals surface area contributed by atoms with Crippen molar-refractivity contribution in [3.8, 4) is 0 Å². The second kappa shape index (κ2) is 11.3. The molecule has 0 aromatic carbocycles. The summed E-state index contributed by atoms with van der Waals surface area (Å²) in [6, 6.07) is -1.33. The topological polar surface area (TPSA) is 176 Å². The fourth-order valence-electron chi connectivity index (χ4n) is 3.12. The third kappa shape index (κ3) is 7.50. The summed E-state index contributed by atoms with van der Waals surface area (Å²) in [5.41, 5.74) is 0. The number of carbonyl (C=O) groups is 5. The van der Waals surface area contributed by atoms with Crippen molar-refractivity contribution in [3.05, 3.63) is 0 Å². The number of alkyl halides is 3. The van der Waals surface area contributed by atoms with Crippen molar-refractivity contribution in [3.63, 3.8) is 0 Å². The molecular formula is C16H24F3N3O8. The summed E-state index contributed by atoms with van der Waals surface area (Å²) in [6.07, 6.45) is -2.65. The average molecular weight is 443 g/mol. The Bertz CT molecular complexity index is 627. The molecule has 0 aromatic heterocycles. The molecule has 11 nitrogen and oxygen atoms in total. The second-order valence-corrected chi connectivity index (χ2v) is 6.47.